The zero-order valence-electron chi connectivity index (χ0n) is 13.2. The van der Waals surface area contributed by atoms with Gasteiger partial charge in [-0.3, -0.25) is 4.79 Å². The summed E-state index contributed by atoms with van der Waals surface area (Å²) in [6.45, 7) is 1.35. The summed E-state index contributed by atoms with van der Waals surface area (Å²) in [6.07, 6.45) is 1.36. The summed E-state index contributed by atoms with van der Waals surface area (Å²) >= 11 is 0. The highest BCUT2D eigenvalue weighted by Crippen LogP contribution is 2.08. The maximum atomic E-state index is 13.2. The van der Waals surface area contributed by atoms with Crippen molar-refractivity contribution in [1.82, 2.24) is 20.3 Å². The fraction of sp³-hybridized carbons (Fsp3) is 0.333. The van der Waals surface area contributed by atoms with E-state index in [1.54, 1.807) is 12.1 Å². The Bertz CT molecular complexity index is 749. The SMILES string of the molecule is COCC(C)(NC(=O)c1cn(Cc2cccc(F)c2)nn1)C(=O)O. The normalized spacial score (nSPS) is 13.3. The van der Waals surface area contributed by atoms with Crippen LogP contribution < -0.4 is 5.32 Å². The molecule has 1 aromatic heterocycles. The second kappa shape index (κ2) is 7.18. The van der Waals surface area contributed by atoms with Gasteiger partial charge in [-0.25, -0.2) is 13.9 Å². The number of ether oxygens (including phenoxy) is 1. The first-order valence-corrected chi connectivity index (χ1v) is 7.03. The minimum absolute atomic E-state index is 0.0463. The number of carbonyl (C=O) groups is 2. The third-order valence-corrected chi connectivity index (χ3v) is 3.30. The highest BCUT2D eigenvalue weighted by atomic mass is 19.1. The summed E-state index contributed by atoms with van der Waals surface area (Å²) in [5.41, 5.74) is -0.977. The van der Waals surface area contributed by atoms with Crippen LogP contribution in [-0.4, -0.2) is 51.2 Å². The zero-order chi connectivity index (χ0) is 17.7. The van der Waals surface area contributed by atoms with Crippen LogP contribution in [0, 0.1) is 5.82 Å². The molecule has 1 atom stereocenters. The molecule has 1 aromatic carbocycles. The first-order chi connectivity index (χ1) is 11.3. The van der Waals surface area contributed by atoms with Gasteiger partial charge in [0.1, 0.15) is 5.82 Å². The number of nitrogens with zero attached hydrogens (tertiary/aromatic N) is 3. The minimum atomic E-state index is -1.59. The number of aliphatic carboxylic acids is 1. The molecule has 0 aliphatic heterocycles. The predicted molar refractivity (Wildman–Crippen MR) is 80.9 cm³/mol. The lowest BCUT2D eigenvalue weighted by atomic mass is 10.0. The number of halogens is 1. The van der Waals surface area contributed by atoms with E-state index in [2.05, 4.69) is 15.6 Å². The maximum Gasteiger partial charge on any atom is 0.331 e. The Morgan fingerprint density at radius 3 is 2.83 bits per heavy atom. The lowest BCUT2D eigenvalue weighted by molar-refractivity contribution is -0.145. The molecule has 0 bridgehead atoms. The van der Waals surface area contributed by atoms with Crippen LogP contribution >= 0.6 is 0 Å². The number of benzene rings is 1. The molecule has 2 aromatic rings. The van der Waals surface area contributed by atoms with Crippen LogP contribution in [0.15, 0.2) is 30.5 Å². The van der Waals surface area contributed by atoms with Gasteiger partial charge in [-0.15, -0.1) is 5.10 Å². The number of hydrogen-bond acceptors (Lipinski definition) is 5. The molecule has 8 nitrogen and oxygen atoms in total. The van der Waals surface area contributed by atoms with Crippen LogP contribution in [0.3, 0.4) is 0 Å². The minimum Gasteiger partial charge on any atom is -0.479 e. The quantitative estimate of drug-likeness (QED) is 0.770. The summed E-state index contributed by atoms with van der Waals surface area (Å²) in [5, 5.41) is 19.1. The van der Waals surface area contributed by atoms with Crippen molar-refractivity contribution in [3.8, 4) is 0 Å². The van der Waals surface area contributed by atoms with Crippen molar-refractivity contribution in [3.63, 3.8) is 0 Å². The second-order valence-electron chi connectivity index (χ2n) is 5.46. The molecule has 2 rings (SSSR count). The third kappa shape index (κ3) is 4.13. The number of carbonyl (C=O) groups excluding carboxylic acids is 1. The van der Waals surface area contributed by atoms with Crippen molar-refractivity contribution in [2.45, 2.75) is 19.0 Å². The van der Waals surface area contributed by atoms with Crippen molar-refractivity contribution in [3.05, 3.63) is 47.5 Å². The molecule has 0 aliphatic carbocycles. The molecule has 1 unspecified atom stereocenters. The van der Waals surface area contributed by atoms with Gasteiger partial charge in [0, 0.05) is 7.11 Å². The Balaban J connectivity index is 2.09. The van der Waals surface area contributed by atoms with Gasteiger partial charge < -0.3 is 15.2 Å². The van der Waals surface area contributed by atoms with Gasteiger partial charge in [-0.05, 0) is 24.6 Å². The molecule has 2 N–H and O–H groups in total. The fourth-order valence-corrected chi connectivity index (χ4v) is 2.06. The van der Waals surface area contributed by atoms with E-state index in [1.165, 1.54) is 37.0 Å². The standard InChI is InChI=1S/C15H17FN4O4/c1-15(9-24-2,14(22)23)17-13(21)12-8-20(19-18-12)7-10-4-3-5-11(16)6-10/h3-6,8H,7,9H2,1-2H3,(H,17,21)(H,22,23). The fourth-order valence-electron chi connectivity index (χ4n) is 2.06. The molecule has 0 saturated heterocycles. The average molecular weight is 336 g/mol. The van der Waals surface area contributed by atoms with Crippen LogP contribution in [0.2, 0.25) is 0 Å². The van der Waals surface area contributed by atoms with Crippen molar-refractivity contribution < 1.29 is 23.8 Å². The Morgan fingerprint density at radius 2 is 2.21 bits per heavy atom. The van der Waals surface area contributed by atoms with Crippen molar-refractivity contribution >= 4 is 11.9 Å². The summed E-state index contributed by atoms with van der Waals surface area (Å²) in [5.74, 6) is -2.30. The lowest BCUT2D eigenvalue weighted by Gasteiger charge is -2.24. The lowest BCUT2D eigenvalue weighted by Crippen LogP contribution is -2.55. The first-order valence-electron chi connectivity index (χ1n) is 7.03. The number of carboxylic acids is 1. The monoisotopic (exact) mass is 336 g/mol. The van der Waals surface area contributed by atoms with E-state index in [9.17, 15) is 19.1 Å². The van der Waals surface area contributed by atoms with E-state index in [4.69, 9.17) is 4.74 Å². The molecule has 0 spiro atoms. The Hall–Kier alpha value is -2.81. The van der Waals surface area contributed by atoms with Gasteiger partial charge in [0.25, 0.3) is 5.91 Å². The van der Waals surface area contributed by atoms with Crippen LogP contribution in [-0.2, 0) is 16.1 Å². The Labute approximate surface area is 137 Å². The number of carboxylic acid groups (broad SMARTS) is 1. The van der Waals surface area contributed by atoms with E-state index >= 15 is 0 Å². The third-order valence-electron chi connectivity index (χ3n) is 3.30. The van der Waals surface area contributed by atoms with E-state index in [0.29, 0.717) is 5.56 Å². The number of nitrogens with one attached hydrogen (secondary N) is 1. The van der Waals surface area contributed by atoms with Crippen LogP contribution in [0.5, 0.6) is 0 Å². The highest BCUT2D eigenvalue weighted by Gasteiger charge is 2.35. The molecule has 24 heavy (non-hydrogen) atoms. The smallest absolute Gasteiger partial charge is 0.331 e. The number of hydrogen-bond donors (Lipinski definition) is 2. The summed E-state index contributed by atoms with van der Waals surface area (Å²) in [4.78, 5) is 23.4. The first kappa shape index (κ1) is 17.5. The van der Waals surface area contributed by atoms with Gasteiger partial charge >= 0.3 is 5.97 Å². The van der Waals surface area contributed by atoms with E-state index in [-0.39, 0.29) is 24.7 Å². The molecule has 9 heteroatoms. The molecular weight excluding hydrogens is 319 g/mol. The number of methoxy groups -OCH3 is 1. The van der Waals surface area contributed by atoms with E-state index < -0.39 is 17.4 Å². The molecule has 0 fully saturated rings. The number of rotatable bonds is 7. The molecule has 0 saturated carbocycles. The topological polar surface area (TPSA) is 106 Å². The van der Waals surface area contributed by atoms with Crippen LogP contribution in [0.1, 0.15) is 23.0 Å². The molecule has 0 radical (unpaired) electrons. The Kier molecular flexibility index (Phi) is 5.24. The Morgan fingerprint density at radius 1 is 1.46 bits per heavy atom. The molecule has 128 valence electrons. The maximum absolute atomic E-state index is 13.2. The van der Waals surface area contributed by atoms with Gasteiger partial charge in [-0.1, -0.05) is 17.3 Å². The van der Waals surface area contributed by atoms with Crippen molar-refractivity contribution in [2.75, 3.05) is 13.7 Å². The van der Waals surface area contributed by atoms with E-state index in [1.807, 2.05) is 0 Å². The highest BCUT2D eigenvalue weighted by molar-refractivity contribution is 5.96. The van der Waals surface area contributed by atoms with Gasteiger partial charge in [0.15, 0.2) is 11.2 Å². The summed E-state index contributed by atoms with van der Waals surface area (Å²) in [7, 11) is 1.34. The van der Waals surface area contributed by atoms with Crippen LogP contribution in [0.4, 0.5) is 4.39 Å². The van der Waals surface area contributed by atoms with Gasteiger partial charge in [0.2, 0.25) is 0 Å². The van der Waals surface area contributed by atoms with Crippen molar-refractivity contribution in [1.29, 1.82) is 0 Å². The largest absolute Gasteiger partial charge is 0.479 e. The molecule has 1 amide bonds. The summed E-state index contributed by atoms with van der Waals surface area (Å²) in [6, 6.07) is 5.95. The van der Waals surface area contributed by atoms with Gasteiger partial charge in [-0.2, -0.15) is 0 Å². The van der Waals surface area contributed by atoms with Crippen LogP contribution in [0.25, 0.3) is 0 Å². The summed E-state index contributed by atoms with van der Waals surface area (Å²) < 4.78 is 19.3. The number of amides is 1. The second-order valence-corrected chi connectivity index (χ2v) is 5.46. The number of aromatic nitrogens is 3. The average Bonchev–Trinajstić information content (AvgIpc) is 2.96. The predicted octanol–water partition coefficient (Wildman–Crippen LogP) is 0.685. The molecular formula is C15H17FN4O4. The van der Waals surface area contributed by atoms with Crippen molar-refractivity contribution in [2.24, 2.45) is 0 Å². The van der Waals surface area contributed by atoms with E-state index in [0.717, 1.165) is 0 Å². The molecule has 1 heterocycles. The zero-order valence-corrected chi connectivity index (χ0v) is 13.2. The van der Waals surface area contributed by atoms with Gasteiger partial charge in [0.05, 0.1) is 19.3 Å². The molecule has 0 aliphatic rings.